The smallest absolute Gasteiger partial charge is 0.303 e. The van der Waals surface area contributed by atoms with E-state index in [0.717, 1.165) is 28.9 Å². The summed E-state index contributed by atoms with van der Waals surface area (Å²) in [7, 11) is 0. The molecule has 3 aromatic carbocycles. The highest BCUT2D eigenvalue weighted by Gasteiger charge is 2.28. The molecule has 1 aliphatic heterocycles. The molecule has 1 N–H and O–H groups in total. The summed E-state index contributed by atoms with van der Waals surface area (Å²) in [6.07, 6.45) is 2.69. The number of hydrogen-bond donors (Lipinski definition) is 1. The zero-order valence-electron chi connectivity index (χ0n) is 20.7. The Bertz CT molecular complexity index is 1480. The fourth-order valence-corrected chi connectivity index (χ4v) is 5.07. The number of carboxylic acids is 1. The molecule has 0 aliphatic carbocycles. The lowest BCUT2D eigenvalue weighted by atomic mass is 9.98. The second-order valence-corrected chi connectivity index (χ2v) is 10.1. The molecule has 4 aromatic rings. The largest absolute Gasteiger partial charge is 0.481 e. The highest BCUT2D eigenvalue weighted by atomic mass is 35.5. The number of aryl methyl sites for hydroxylation is 1. The van der Waals surface area contributed by atoms with E-state index in [1.54, 1.807) is 36.4 Å². The first-order chi connectivity index (χ1) is 18.4. The molecule has 1 amide bonds. The number of halogens is 2. The van der Waals surface area contributed by atoms with Crippen LogP contribution in [0.2, 0.25) is 5.02 Å². The van der Waals surface area contributed by atoms with Crippen molar-refractivity contribution >= 4 is 34.5 Å². The van der Waals surface area contributed by atoms with Gasteiger partial charge in [-0.25, -0.2) is 14.4 Å². The number of carboxylic acid groups (broad SMARTS) is 1. The highest BCUT2D eigenvalue weighted by molar-refractivity contribution is 6.30. The zero-order chi connectivity index (χ0) is 26.6. The van der Waals surface area contributed by atoms with Crippen LogP contribution in [-0.4, -0.2) is 44.9 Å². The minimum Gasteiger partial charge on any atom is -0.481 e. The molecule has 0 saturated carbocycles. The standard InChI is InChI=1S/C30H27ClFN3O3/c31-23-10-5-20(6-11-23)29-26(3-1-2-4-28(36)37)33-27-17-21(9-14-25(27)34-29)30(38)35-16-15-22(18-35)19-7-12-24(32)13-8-19/h5-14,17,22H,1-4,15-16,18H2,(H,36,37). The van der Waals surface area contributed by atoms with Crippen LogP contribution in [0.3, 0.4) is 0 Å². The van der Waals surface area contributed by atoms with Gasteiger partial charge in [-0.05, 0) is 73.7 Å². The van der Waals surface area contributed by atoms with E-state index in [1.807, 2.05) is 23.1 Å². The monoisotopic (exact) mass is 531 g/mol. The molecule has 1 fully saturated rings. The first-order valence-corrected chi connectivity index (χ1v) is 13.1. The average molecular weight is 532 g/mol. The topological polar surface area (TPSA) is 83.4 Å². The minimum absolute atomic E-state index is 0.0666. The molecular formula is C30H27ClFN3O3. The van der Waals surface area contributed by atoms with E-state index in [-0.39, 0.29) is 24.1 Å². The van der Waals surface area contributed by atoms with E-state index >= 15 is 0 Å². The molecule has 194 valence electrons. The highest BCUT2D eigenvalue weighted by Crippen LogP contribution is 2.30. The van der Waals surface area contributed by atoms with Crippen molar-refractivity contribution in [2.75, 3.05) is 13.1 Å². The second-order valence-electron chi connectivity index (χ2n) is 9.62. The number of likely N-dealkylation sites (tertiary alicyclic amines) is 1. The summed E-state index contributed by atoms with van der Waals surface area (Å²) in [6, 6.07) is 19.2. The van der Waals surface area contributed by atoms with Crippen LogP contribution in [0.25, 0.3) is 22.3 Å². The summed E-state index contributed by atoms with van der Waals surface area (Å²) < 4.78 is 13.3. The van der Waals surface area contributed by atoms with Crippen molar-refractivity contribution < 1.29 is 19.1 Å². The van der Waals surface area contributed by atoms with Gasteiger partial charge in [0.2, 0.25) is 0 Å². The zero-order valence-corrected chi connectivity index (χ0v) is 21.5. The Morgan fingerprint density at radius 2 is 1.74 bits per heavy atom. The van der Waals surface area contributed by atoms with Gasteiger partial charge in [0.25, 0.3) is 5.91 Å². The van der Waals surface area contributed by atoms with Gasteiger partial charge in [-0.15, -0.1) is 0 Å². The Labute approximate surface area is 225 Å². The fraction of sp³-hybridized carbons (Fsp3) is 0.267. The molecule has 0 radical (unpaired) electrons. The number of carbonyl (C=O) groups excluding carboxylic acids is 1. The van der Waals surface area contributed by atoms with E-state index in [1.165, 1.54) is 12.1 Å². The van der Waals surface area contributed by atoms with Crippen molar-refractivity contribution in [1.29, 1.82) is 0 Å². The van der Waals surface area contributed by atoms with Crippen molar-refractivity contribution in [1.82, 2.24) is 14.9 Å². The van der Waals surface area contributed by atoms with Crippen molar-refractivity contribution in [2.45, 2.75) is 38.0 Å². The van der Waals surface area contributed by atoms with E-state index in [4.69, 9.17) is 26.7 Å². The maximum atomic E-state index is 13.4. The number of amides is 1. The third-order valence-corrected chi connectivity index (χ3v) is 7.22. The quantitative estimate of drug-likeness (QED) is 0.262. The third-order valence-electron chi connectivity index (χ3n) is 6.97. The number of benzene rings is 3. The van der Waals surface area contributed by atoms with Gasteiger partial charge in [-0.2, -0.15) is 0 Å². The lowest BCUT2D eigenvalue weighted by molar-refractivity contribution is -0.137. The Hall–Kier alpha value is -3.84. The number of nitrogens with zero attached hydrogens (tertiary/aromatic N) is 3. The van der Waals surface area contributed by atoms with Crippen LogP contribution in [0.4, 0.5) is 4.39 Å². The van der Waals surface area contributed by atoms with Crippen molar-refractivity contribution in [3.63, 3.8) is 0 Å². The van der Waals surface area contributed by atoms with Crippen molar-refractivity contribution in [2.24, 2.45) is 0 Å². The molecule has 0 spiro atoms. The van der Waals surface area contributed by atoms with Gasteiger partial charge in [0, 0.05) is 41.6 Å². The molecule has 2 heterocycles. The lowest BCUT2D eigenvalue weighted by Gasteiger charge is -2.17. The number of aliphatic carboxylic acids is 1. The number of aromatic nitrogens is 2. The summed E-state index contributed by atoms with van der Waals surface area (Å²) >= 11 is 6.07. The van der Waals surface area contributed by atoms with Gasteiger partial charge in [0.15, 0.2) is 0 Å². The van der Waals surface area contributed by atoms with E-state index < -0.39 is 5.97 Å². The summed E-state index contributed by atoms with van der Waals surface area (Å²) in [4.78, 5) is 35.9. The van der Waals surface area contributed by atoms with Crippen LogP contribution in [-0.2, 0) is 11.2 Å². The predicted molar refractivity (Wildman–Crippen MR) is 145 cm³/mol. The maximum absolute atomic E-state index is 13.4. The molecule has 1 atom stereocenters. The number of unbranched alkanes of at least 4 members (excludes halogenated alkanes) is 1. The molecule has 5 rings (SSSR count). The van der Waals surface area contributed by atoms with Gasteiger partial charge in [0.05, 0.1) is 22.4 Å². The van der Waals surface area contributed by atoms with Crippen LogP contribution in [0.15, 0.2) is 66.7 Å². The fourth-order valence-electron chi connectivity index (χ4n) is 4.94. The molecule has 8 heteroatoms. The Balaban J connectivity index is 1.40. The van der Waals surface area contributed by atoms with Crippen LogP contribution in [0.1, 0.15) is 53.2 Å². The van der Waals surface area contributed by atoms with Gasteiger partial charge >= 0.3 is 5.97 Å². The second kappa shape index (κ2) is 11.3. The number of hydrogen-bond acceptors (Lipinski definition) is 4. The van der Waals surface area contributed by atoms with E-state index in [0.29, 0.717) is 54.0 Å². The first-order valence-electron chi connectivity index (χ1n) is 12.7. The Kier molecular flexibility index (Phi) is 7.65. The van der Waals surface area contributed by atoms with E-state index in [9.17, 15) is 14.0 Å². The van der Waals surface area contributed by atoms with Crippen molar-refractivity contribution in [3.8, 4) is 11.3 Å². The van der Waals surface area contributed by atoms with Crippen LogP contribution >= 0.6 is 11.6 Å². The van der Waals surface area contributed by atoms with Crippen LogP contribution in [0.5, 0.6) is 0 Å². The van der Waals surface area contributed by atoms with Crippen LogP contribution in [0, 0.1) is 5.82 Å². The molecule has 6 nitrogen and oxygen atoms in total. The SMILES string of the molecule is O=C(O)CCCCc1nc2cc(C(=O)N3CCC(c4ccc(F)cc4)C3)ccc2nc1-c1ccc(Cl)cc1. The number of carbonyl (C=O) groups is 2. The Morgan fingerprint density at radius 1 is 0.974 bits per heavy atom. The molecule has 1 aromatic heterocycles. The molecule has 1 aliphatic rings. The van der Waals surface area contributed by atoms with Crippen LogP contribution < -0.4 is 0 Å². The third kappa shape index (κ3) is 5.83. The van der Waals surface area contributed by atoms with Gasteiger partial charge in [-0.1, -0.05) is 35.9 Å². The number of fused-ring (bicyclic) bond motifs is 1. The summed E-state index contributed by atoms with van der Waals surface area (Å²) in [6.45, 7) is 1.22. The molecule has 1 unspecified atom stereocenters. The minimum atomic E-state index is -0.820. The predicted octanol–water partition coefficient (Wildman–Crippen LogP) is 6.52. The molecule has 38 heavy (non-hydrogen) atoms. The van der Waals surface area contributed by atoms with Gasteiger partial charge in [0.1, 0.15) is 5.82 Å². The molecule has 0 bridgehead atoms. The summed E-state index contributed by atoms with van der Waals surface area (Å²) in [5, 5.41) is 9.61. The lowest BCUT2D eigenvalue weighted by Crippen LogP contribution is -2.28. The van der Waals surface area contributed by atoms with Gasteiger partial charge < -0.3 is 10.0 Å². The molecule has 1 saturated heterocycles. The van der Waals surface area contributed by atoms with E-state index in [2.05, 4.69) is 0 Å². The summed E-state index contributed by atoms with van der Waals surface area (Å²) in [5.74, 6) is -0.973. The normalized spacial score (nSPS) is 15.2. The van der Waals surface area contributed by atoms with Crippen molar-refractivity contribution in [3.05, 3.63) is 94.4 Å². The first kappa shape index (κ1) is 25.8. The summed E-state index contributed by atoms with van der Waals surface area (Å²) in [5.41, 5.74) is 5.23. The Morgan fingerprint density at radius 3 is 2.47 bits per heavy atom. The maximum Gasteiger partial charge on any atom is 0.303 e. The molecular weight excluding hydrogens is 505 g/mol. The average Bonchev–Trinajstić information content (AvgIpc) is 3.41. The van der Waals surface area contributed by atoms with Gasteiger partial charge in [-0.3, -0.25) is 9.59 Å². The number of rotatable bonds is 8.